The van der Waals surface area contributed by atoms with Crippen LogP contribution in [-0.2, 0) is 14.3 Å². The number of unbranched alkanes of at least 4 members (excludes halogenated alkanes) is 61. The van der Waals surface area contributed by atoms with Crippen LogP contribution in [0.3, 0.4) is 0 Å². The second-order valence-electron chi connectivity index (χ2n) is 27.0. The molecule has 0 fully saturated rings. The van der Waals surface area contributed by atoms with Crippen molar-refractivity contribution in [3.8, 4) is 0 Å². The molecule has 0 aromatic carbocycles. The molecule has 6 nitrogen and oxygen atoms in total. The second-order valence-corrected chi connectivity index (χ2v) is 27.0. The van der Waals surface area contributed by atoms with Gasteiger partial charge < -0.3 is 20.3 Å². The highest BCUT2D eigenvalue weighted by Gasteiger charge is 2.20. The first-order chi connectivity index (χ1) is 41.5. The molecule has 6 heteroatoms. The van der Waals surface area contributed by atoms with E-state index in [0.717, 1.165) is 44.9 Å². The van der Waals surface area contributed by atoms with Crippen LogP contribution in [0, 0.1) is 0 Å². The number of aliphatic hydroxyl groups is 2. The maximum atomic E-state index is 12.6. The summed E-state index contributed by atoms with van der Waals surface area (Å²) in [5, 5.41) is 23.5. The molecule has 0 radical (unpaired) electrons. The van der Waals surface area contributed by atoms with Crippen molar-refractivity contribution in [2.24, 2.45) is 0 Å². The number of aliphatic hydroxyl groups excluding tert-OH is 2. The maximum absolute atomic E-state index is 12.6. The van der Waals surface area contributed by atoms with Crippen molar-refractivity contribution in [2.75, 3.05) is 13.2 Å². The lowest BCUT2D eigenvalue weighted by Crippen LogP contribution is -2.45. The molecule has 0 saturated carbocycles. The van der Waals surface area contributed by atoms with Crippen molar-refractivity contribution in [3.63, 3.8) is 0 Å². The Kier molecular flexibility index (Phi) is 72.8. The number of allylic oxidation sites excluding steroid dienone is 2. The van der Waals surface area contributed by atoms with Gasteiger partial charge in [-0.25, -0.2) is 0 Å². The van der Waals surface area contributed by atoms with Gasteiger partial charge in [-0.15, -0.1) is 0 Å². The van der Waals surface area contributed by atoms with Gasteiger partial charge in [0.05, 0.1) is 25.4 Å². The Morgan fingerprint density at radius 2 is 0.560 bits per heavy atom. The van der Waals surface area contributed by atoms with Crippen molar-refractivity contribution < 1.29 is 24.5 Å². The lowest BCUT2D eigenvalue weighted by atomic mass is 10.0. The van der Waals surface area contributed by atoms with Crippen LogP contribution in [0.2, 0.25) is 0 Å². The summed E-state index contributed by atoms with van der Waals surface area (Å²) in [6.07, 6.45) is 92.9. The Morgan fingerprint density at radius 1 is 0.321 bits per heavy atom. The zero-order chi connectivity index (χ0) is 60.6. The van der Waals surface area contributed by atoms with E-state index < -0.39 is 12.1 Å². The zero-order valence-corrected chi connectivity index (χ0v) is 57.4. The Hall–Kier alpha value is -1.40. The summed E-state index contributed by atoms with van der Waals surface area (Å²) >= 11 is 0. The SMILES string of the molecule is CCCCCCCC/C=C\CCCCCCCC(=O)OCCCCCCCCCCCCCCCCCCCCCCCCCCCCCC(=O)NC(CO)C(O)CCCCCCCCCCCCCCCCCCCCCCCCCCC. The van der Waals surface area contributed by atoms with Gasteiger partial charge in [0.2, 0.25) is 5.91 Å². The molecular weight excluding hydrogens is 1030 g/mol. The molecule has 0 aliphatic heterocycles. The highest BCUT2D eigenvalue weighted by Crippen LogP contribution is 2.20. The van der Waals surface area contributed by atoms with E-state index in [9.17, 15) is 19.8 Å². The van der Waals surface area contributed by atoms with Crippen LogP contribution in [0.4, 0.5) is 0 Å². The normalized spacial score (nSPS) is 12.5. The van der Waals surface area contributed by atoms with Gasteiger partial charge in [-0.2, -0.15) is 0 Å². The van der Waals surface area contributed by atoms with Gasteiger partial charge in [0, 0.05) is 12.8 Å². The highest BCUT2D eigenvalue weighted by molar-refractivity contribution is 5.76. The summed E-state index contributed by atoms with van der Waals surface area (Å²) in [5.74, 6) is -0.0146. The van der Waals surface area contributed by atoms with Crippen molar-refractivity contribution in [3.05, 3.63) is 12.2 Å². The van der Waals surface area contributed by atoms with E-state index in [1.54, 1.807) is 0 Å². The fourth-order valence-electron chi connectivity index (χ4n) is 12.6. The first-order valence-corrected chi connectivity index (χ1v) is 38.9. The number of nitrogens with one attached hydrogen (secondary N) is 1. The van der Waals surface area contributed by atoms with Crippen LogP contribution in [0.5, 0.6) is 0 Å². The van der Waals surface area contributed by atoms with Gasteiger partial charge in [-0.3, -0.25) is 9.59 Å². The van der Waals surface area contributed by atoms with E-state index in [2.05, 4.69) is 31.3 Å². The largest absolute Gasteiger partial charge is 0.466 e. The molecule has 1 amide bonds. The molecule has 0 aromatic heterocycles. The van der Waals surface area contributed by atoms with Crippen LogP contribution < -0.4 is 5.32 Å². The number of carbonyl (C=O) groups excluding carboxylic acids is 2. The molecule has 0 aliphatic carbocycles. The fourth-order valence-corrected chi connectivity index (χ4v) is 12.6. The van der Waals surface area contributed by atoms with Crippen LogP contribution in [0.15, 0.2) is 12.2 Å². The molecule has 0 bridgehead atoms. The predicted octanol–water partition coefficient (Wildman–Crippen LogP) is 25.5. The first kappa shape index (κ1) is 82.6. The van der Waals surface area contributed by atoms with Crippen LogP contribution in [0.1, 0.15) is 450 Å². The maximum Gasteiger partial charge on any atom is 0.305 e. The van der Waals surface area contributed by atoms with Crippen molar-refractivity contribution in [1.82, 2.24) is 5.32 Å². The van der Waals surface area contributed by atoms with E-state index in [0.29, 0.717) is 25.9 Å². The van der Waals surface area contributed by atoms with Gasteiger partial charge in [-0.05, 0) is 51.4 Å². The van der Waals surface area contributed by atoms with Gasteiger partial charge in [0.15, 0.2) is 0 Å². The third kappa shape index (κ3) is 69.7. The average molecular weight is 1190 g/mol. The molecule has 3 N–H and O–H groups in total. The summed E-state index contributed by atoms with van der Waals surface area (Å²) in [4.78, 5) is 24.7. The highest BCUT2D eigenvalue weighted by atomic mass is 16.5. The van der Waals surface area contributed by atoms with Gasteiger partial charge in [0.1, 0.15) is 0 Å². The molecule has 0 heterocycles. The summed E-state index contributed by atoms with van der Waals surface area (Å²) in [7, 11) is 0. The Bertz CT molecular complexity index is 1270. The van der Waals surface area contributed by atoms with E-state index in [1.807, 2.05) is 0 Å². The zero-order valence-electron chi connectivity index (χ0n) is 57.4. The second kappa shape index (κ2) is 74.1. The molecule has 0 saturated heterocycles. The topological polar surface area (TPSA) is 95.9 Å². The lowest BCUT2D eigenvalue weighted by Gasteiger charge is -2.22. The number of hydrogen-bond acceptors (Lipinski definition) is 5. The molecule has 2 unspecified atom stereocenters. The Morgan fingerprint density at radius 3 is 0.845 bits per heavy atom. The molecule has 0 aliphatic rings. The fraction of sp³-hybridized carbons (Fsp3) is 0.949. The summed E-state index contributed by atoms with van der Waals surface area (Å²) in [5.41, 5.74) is 0. The van der Waals surface area contributed by atoms with E-state index in [4.69, 9.17) is 4.74 Å². The van der Waals surface area contributed by atoms with E-state index >= 15 is 0 Å². The molecule has 500 valence electrons. The summed E-state index contributed by atoms with van der Waals surface area (Å²) < 4.78 is 5.50. The molecule has 0 rings (SSSR count). The van der Waals surface area contributed by atoms with E-state index in [1.165, 1.54) is 372 Å². The molecule has 84 heavy (non-hydrogen) atoms. The first-order valence-electron chi connectivity index (χ1n) is 38.9. The van der Waals surface area contributed by atoms with Crippen molar-refractivity contribution >= 4 is 11.9 Å². The number of amides is 1. The number of carbonyl (C=O) groups is 2. The standard InChI is InChI=1S/C78H153NO5/c1-3-5-7-9-11-13-15-17-19-20-21-22-23-27-30-33-36-39-43-46-50-54-58-62-66-70-76(81)75(74-80)79-77(82)71-67-63-59-55-51-47-44-40-37-34-31-28-25-24-26-29-32-35-38-41-45-49-53-57-61-65-69-73-84-78(83)72-68-64-60-56-52-48-42-18-16-14-12-10-8-6-4-2/h18,42,75-76,80-81H,3-17,19-41,43-74H2,1-2H3,(H,79,82)/b42-18-. The Balaban J connectivity index is 3.35. The molecule has 0 spiro atoms. The van der Waals surface area contributed by atoms with Crippen molar-refractivity contribution in [1.29, 1.82) is 0 Å². The van der Waals surface area contributed by atoms with E-state index in [-0.39, 0.29) is 18.5 Å². The quantitative estimate of drug-likeness (QED) is 0.0320. The van der Waals surface area contributed by atoms with Crippen LogP contribution in [0.25, 0.3) is 0 Å². The number of ether oxygens (including phenoxy) is 1. The van der Waals surface area contributed by atoms with Crippen LogP contribution >= 0.6 is 0 Å². The molecule has 2 atom stereocenters. The lowest BCUT2D eigenvalue weighted by molar-refractivity contribution is -0.143. The molecular formula is C78H153NO5. The summed E-state index contributed by atoms with van der Waals surface area (Å²) in [6.45, 7) is 5.00. The minimum Gasteiger partial charge on any atom is -0.466 e. The smallest absolute Gasteiger partial charge is 0.305 e. The van der Waals surface area contributed by atoms with Gasteiger partial charge >= 0.3 is 5.97 Å². The minimum atomic E-state index is -0.664. The average Bonchev–Trinajstić information content (AvgIpc) is 3.51. The third-order valence-corrected chi connectivity index (χ3v) is 18.6. The third-order valence-electron chi connectivity index (χ3n) is 18.6. The number of rotatable bonds is 74. The van der Waals surface area contributed by atoms with Gasteiger partial charge in [-0.1, -0.05) is 398 Å². The monoisotopic (exact) mass is 1180 g/mol. The Labute approximate surface area is 527 Å². The van der Waals surface area contributed by atoms with Crippen molar-refractivity contribution in [2.45, 2.75) is 463 Å². The number of hydrogen-bond donors (Lipinski definition) is 3. The molecule has 0 aromatic rings. The summed E-state index contributed by atoms with van der Waals surface area (Å²) in [6, 6.07) is -0.540. The predicted molar refractivity (Wildman–Crippen MR) is 370 cm³/mol. The minimum absolute atomic E-state index is 0.0115. The van der Waals surface area contributed by atoms with Crippen LogP contribution in [-0.4, -0.2) is 47.4 Å². The van der Waals surface area contributed by atoms with Gasteiger partial charge in [0.25, 0.3) is 0 Å². The number of esters is 1.